The van der Waals surface area contributed by atoms with Gasteiger partial charge in [-0.05, 0) is 87.6 Å². The van der Waals surface area contributed by atoms with Crippen LogP contribution in [-0.4, -0.2) is 6.54 Å². The highest BCUT2D eigenvalue weighted by Crippen LogP contribution is 2.45. The van der Waals surface area contributed by atoms with Crippen LogP contribution in [0.2, 0.25) is 0 Å². The molecular weight excluding hydrogens is 617 g/mol. The van der Waals surface area contributed by atoms with Crippen LogP contribution >= 0.6 is 11.3 Å². The van der Waals surface area contributed by atoms with Crippen LogP contribution in [0, 0.1) is 0 Å². The summed E-state index contributed by atoms with van der Waals surface area (Å²) in [5.41, 5.74) is 10.3. The molecule has 9 aromatic rings. The molecule has 0 saturated heterocycles. The van der Waals surface area contributed by atoms with Gasteiger partial charge in [-0.15, -0.1) is 11.3 Å². The highest BCUT2D eigenvalue weighted by Gasteiger charge is 2.21. The zero-order valence-corrected chi connectivity index (χ0v) is 27.4. The number of hydrogen-bond donors (Lipinski definition) is 1. The molecule has 3 nitrogen and oxygen atoms in total. The van der Waals surface area contributed by atoms with Gasteiger partial charge in [0.15, 0.2) is 0 Å². The summed E-state index contributed by atoms with van der Waals surface area (Å²) in [6.45, 7) is 0.714. The minimum Gasteiger partial charge on any atom is -0.440 e. The molecule has 7 aromatic carbocycles. The van der Waals surface area contributed by atoms with Crippen molar-refractivity contribution in [1.29, 1.82) is 0 Å². The zero-order chi connectivity index (χ0) is 32.3. The summed E-state index contributed by atoms with van der Waals surface area (Å²) in [5.74, 6) is 0.843. The van der Waals surface area contributed by atoms with E-state index in [4.69, 9.17) is 4.42 Å². The van der Waals surface area contributed by atoms with Crippen LogP contribution in [0.4, 0.5) is 22.9 Å². The van der Waals surface area contributed by atoms with E-state index in [2.05, 4.69) is 162 Å². The van der Waals surface area contributed by atoms with E-state index in [1.54, 1.807) is 0 Å². The Hall–Kier alpha value is -6.10. The summed E-state index contributed by atoms with van der Waals surface area (Å²) >= 11 is 1.85. The second kappa shape index (κ2) is 11.3. The first kappa shape index (κ1) is 28.0. The van der Waals surface area contributed by atoms with Crippen LogP contribution in [0.1, 0.15) is 11.1 Å². The molecule has 0 unspecified atom stereocenters. The fraction of sp³-hybridized carbons (Fsp3) is 0.0222. The molecule has 232 valence electrons. The Morgan fingerprint density at radius 2 is 1.20 bits per heavy atom. The van der Waals surface area contributed by atoms with Crippen molar-refractivity contribution >= 4 is 87.8 Å². The fourth-order valence-corrected chi connectivity index (χ4v) is 8.51. The number of nitrogens with zero attached hydrogens (tertiary/aromatic N) is 1. The second-order valence-electron chi connectivity index (χ2n) is 12.6. The Labute approximate surface area is 288 Å². The third-order valence-electron chi connectivity index (χ3n) is 9.74. The molecule has 0 amide bonds. The van der Waals surface area contributed by atoms with E-state index in [1.165, 1.54) is 58.9 Å². The lowest BCUT2D eigenvalue weighted by Crippen LogP contribution is -2.11. The molecule has 3 heterocycles. The minimum absolute atomic E-state index is 0.714. The van der Waals surface area contributed by atoms with Crippen LogP contribution in [0.25, 0.3) is 64.7 Å². The van der Waals surface area contributed by atoms with Crippen molar-refractivity contribution in [1.82, 2.24) is 0 Å². The molecule has 10 rings (SSSR count). The molecule has 1 N–H and O–H groups in total. The number of para-hydroxylation sites is 1. The van der Waals surface area contributed by atoms with Crippen LogP contribution in [-0.2, 0) is 0 Å². The number of thiophene rings is 1. The number of benzene rings is 7. The predicted octanol–water partition coefficient (Wildman–Crippen LogP) is 13.1. The van der Waals surface area contributed by atoms with Crippen LogP contribution in [0.3, 0.4) is 0 Å². The van der Waals surface area contributed by atoms with Crippen molar-refractivity contribution in [2.75, 3.05) is 16.8 Å². The third-order valence-corrected chi connectivity index (χ3v) is 10.9. The number of rotatable bonds is 5. The molecule has 0 radical (unpaired) electrons. The molecule has 0 spiro atoms. The van der Waals surface area contributed by atoms with Gasteiger partial charge in [0.1, 0.15) is 5.58 Å². The molecule has 0 aliphatic carbocycles. The molecule has 0 bridgehead atoms. The van der Waals surface area contributed by atoms with Gasteiger partial charge in [-0.1, -0.05) is 109 Å². The highest BCUT2D eigenvalue weighted by molar-refractivity contribution is 7.26. The maximum Gasteiger partial charge on any atom is 0.201 e. The van der Waals surface area contributed by atoms with Crippen molar-refractivity contribution in [2.24, 2.45) is 0 Å². The maximum atomic E-state index is 6.08. The summed E-state index contributed by atoms with van der Waals surface area (Å²) < 4.78 is 8.67. The van der Waals surface area contributed by atoms with Crippen molar-refractivity contribution in [3.8, 4) is 11.1 Å². The second-order valence-corrected chi connectivity index (χ2v) is 13.7. The van der Waals surface area contributed by atoms with E-state index in [1.807, 2.05) is 23.5 Å². The van der Waals surface area contributed by atoms with Crippen LogP contribution < -0.4 is 10.2 Å². The fourth-order valence-electron chi connectivity index (χ4n) is 7.39. The summed E-state index contributed by atoms with van der Waals surface area (Å²) in [7, 11) is 0. The molecule has 0 atom stereocenters. The lowest BCUT2D eigenvalue weighted by Gasteiger charge is -2.27. The monoisotopic (exact) mass is 646 g/mol. The van der Waals surface area contributed by atoms with E-state index in [-0.39, 0.29) is 0 Å². The Morgan fingerprint density at radius 3 is 2.04 bits per heavy atom. The molecule has 1 aliphatic rings. The van der Waals surface area contributed by atoms with Crippen molar-refractivity contribution in [3.05, 3.63) is 169 Å². The van der Waals surface area contributed by atoms with Gasteiger partial charge >= 0.3 is 0 Å². The van der Waals surface area contributed by atoms with Gasteiger partial charge in [0, 0.05) is 49.0 Å². The average Bonchev–Trinajstić information content (AvgIpc) is 3.74. The van der Waals surface area contributed by atoms with Gasteiger partial charge in [-0.2, -0.15) is 0 Å². The zero-order valence-electron chi connectivity index (χ0n) is 26.6. The standard InChI is InChI=1S/C45H30N2OS/c1-2-11-35-30(9-1)10-7-14-36(35)31-21-25-34(26-22-31)47(40-15-8-18-43-44(40)38-13-4-6-17-42(38)49-43)33-23-19-29(20-24-33)32-27-39-37-12-3-5-16-41(37)48-45(39)46-28-32/h1-27,46H,28H2. The van der Waals surface area contributed by atoms with Gasteiger partial charge < -0.3 is 14.6 Å². The first-order chi connectivity index (χ1) is 24.3. The Morgan fingerprint density at radius 1 is 0.551 bits per heavy atom. The van der Waals surface area contributed by atoms with E-state index in [0.717, 1.165) is 33.8 Å². The summed E-state index contributed by atoms with van der Waals surface area (Å²) in [6.07, 6.45) is 2.27. The molecule has 2 aromatic heterocycles. The van der Waals surface area contributed by atoms with E-state index >= 15 is 0 Å². The summed E-state index contributed by atoms with van der Waals surface area (Å²) in [4.78, 5) is 2.41. The summed E-state index contributed by atoms with van der Waals surface area (Å²) in [6, 6.07) is 56.9. The average molecular weight is 647 g/mol. The first-order valence-electron chi connectivity index (χ1n) is 16.6. The van der Waals surface area contributed by atoms with Crippen LogP contribution in [0.5, 0.6) is 0 Å². The number of furan rings is 1. The largest absolute Gasteiger partial charge is 0.440 e. The number of anilines is 4. The van der Waals surface area contributed by atoms with Crippen LogP contribution in [0.15, 0.2) is 162 Å². The Kier molecular flexibility index (Phi) is 6.42. The quantitative estimate of drug-likeness (QED) is 0.202. The molecule has 0 fully saturated rings. The van der Waals surface area contributed by atoms with E-state index in [0.29, 0.717) is 6.54 Å². The van der Waals surface area contributed by atoms with Gasteiger partial charge in [0.2, 0.25) is 5.88 Å². The van der Waals surface area contributed by atoms with E-state index < -0.39 is 0 Å². The normalized spacial score (nSPS) is 12.7. The molecule has 1 aliphatic heterocycles. The molecular formula is C45H30N2OS. The third kappa shape index (κ3) is 4.64. The lowest BCUT2D eigenvalue weighted by atomic mass is 9.97. The number of hydrogen-bond acceptors (Lipinski definition) is 4. The van der Waals surface area contributed by atoms with Crippen molar-refractivity contribution in [2.45, 2.75) is 0 Å². The van der Waals surface area contributed by atoms with Gasteiger partial charge in [-0.25, -0.2) is 0 Å². The predicted molar refractivity (Wildman–Crippen MR) is 210 cm³/mol. The molecule has 4 heteroatoms. The topological polar surface area (TPSA) is 28.4 Å². The maximum absolute atomic E-state index is 6.08. The minimum atomic E-state index is 0.714. The first-order valence-corrected chi connectivity index (χ1v) is 17.5. The number of fused-ring (bicyclic) bond motifs is 7. The SMILES string of the molecule is C1=C(c2ccc(N(c3ccc(-c4cccc5ccccc45)cc3)c3cccc4sc5ccccc5c34)cc2)CNc2oc3ccccc3c21. The van der Waals surface area contributed by atoms with Gasteiger partial charge in [0.25, 0.3) is 0 Å². The Bertz CT molecular complexity index is 2710. The molecule has 0 saturated carbocycles. The smallest absolute Gasteiger partial charge is 0.201 e. The highest BCUT2D eigenvalue weighted by atomic mass is 32.1. The lowest BCUT2D eigenvalue weighted by molar-refractivity contribution is 0.628. The molecule has 49 heavy (non-hydrogen) atoms. The Balaban J connectivity index is 1.10. The van der Waals surface area contributed by atoms with E-state index in [9.17, 15) is 0 Å². The van der Waals surface area contributed by atoms with Crippen molar-refractivity contribution in [3.63, 3.8) is 0 Å². The van der Waals surface area contributed by atoms with Gasteiger partial charge in [-0.3, -0.25) is 0 Å². The summed E-state index contributed by atoms with van der Waals surface area (Å²) in [5, 5.41) is 9.73. The van der Waals surface area contributed by atoms with Crippen molar-refractivity contribution < 1.29 is 4.42 Å². The van der Waals surface area contributed by atoms with Gasteiger partial charge in [0.05, 0.1) is 5.69 Å². The number of nitrogens with one attached hydrogen (secondary N) is 1.